The Bertz CT molecular complexity index is 1100. The van der Waals surface area contributed by atoms with Crippen LogP contribution in [-0.4, -0.2) is 28.9 Å². The third-order valence-electron chi connectivity index (χ3n) is 4.77. The molecule has 0 unspecified atom stereocenters. The number of fused-ring (bicyclic) bond motifs is 2. The summed E-state index contributed by atoms with van der Waals surface area (Å²) in [6.07, 6.45) is 0. The fourth-order valence-electron chi connectivity index (χ4n) is 3.56. The van der Waals surface area contributed by atoms with Crippen LogP contribution < -0.4 is 10.2 Å². The first kappa shape index (κ1) is 19.0. The average molecular weight is 382 g/mol. The summed E-state index contributed by atoms with van der Waals surface area (Å²) >= 11 is 0. The Morgan fingerprint density at radius 3 is 2.52 bits per heavy atom. The van der Waals surface area contributed by atoms with E-state index in [2.05, 4.69) is 71.9 Å². The molecule has 0 aliphatic heterocycles. The van der Waals surface area contributed by atoms with E-state index in [1.807, 2.05) is 24.7 Å². The Balaban J connectivity index is 0.00000210. The van der Waals surface area contributed by atoms with Crippen molar-refractivity contribution in [3.8, 4) is 0 Å². The molecule has 140 valence electrons. The maximum atomic E-state index is 4.81. The Labute approximate surface area is 165 Å². The van der Waals surface area contributed by atoms with Gasteiger partial charge in [-0.25, -0.2) is 4.98 Å². The number of anilines is 2. The number of pyridine rings is 1. The Hall–Kier alpha value is -2.79. The fourth-order valence-corrected chi connectivity index (χ4v) is 3.56. The highest BCUT2D eigenvalue weighted by Crippen LogP contribution is 2.33. The number of rotatable bonds is 4. The normalized spacial score (nSPS) is 10.8. The van der Waals surface area contributed by atoms with Crippen LogP contribution in [0.25, 0.3) is 21.9 Å². The van der Waals surface area contributed by atoms with Gasteiger partial charge in [-0.1, -0.05) is 36.4 Å². The van der Waals surface area contributed by atoms with Gasteiger partial charge < -0.3 is 10.2 Å². The number of hydrogen-bond acceptors (Lipinski definition) is 4. The summed E-state index contributed by atoms with van der Waals surface area (Å²) in [4.78, 5) is 6.96. The molecule has 0 aliphatic rings. The fraction of sp³-hybridized carbons (Fsp3) is 0.238. The molecule has 27 heavy (non-hydrogen) atoms. The van der Waals surface area contributed by atoms with E-state index in [1.54, 1.807) is 0 Å². The molecule has 2 aromatic carbocycles. The number of nitrogens with one attached hydrogen (secondary N) is 1. The van der Waals surface area contributed by atoms with Gasteiger partial charge >= 0.3 is 0 Å². The first-order valence-corrected chi connectivity index (χ1v) is 8.77. The highest BCUT2D eigenvalue weighted by Gasteiger charge is 2.15. The molecule has 4 rings (SSSR count). The summed E-state index contributed by atoms with van der Waals surface area (Å²) in [7, 11) is 6.09. The zero-order valence-corrected chi connectivity index (χ0v) is 16.8. The first-order valence-electron chi connectivity index (χ1n) is 8.77. The number of aryl methyl sites for hydroxylation is 2. The molecule has 0 bridgehead atoms. The van der Waals surface area contributed by atoms with Crippen LogP contribution in [0.1, 0.15) is 11.3 Å². The van der Waals surface area contributed by atoms with Crippen molar-refractivity contribution < 1.29 is 0 Å². The minimum atomic E-state index is 0. The predicted octanol–water partition coefficient (Wildman–Crippen LogP) is 4.53. The topological polar surface area (TPSA) is 46.0 Å². The van der Waals surface area contributed by atoms with Crippen molar-refractivity contribution >= 4 is 45.7 Å². The Kier molecular flexibility index (Phi) is 5.24. The summed E-state index contributed by atoms with van der Waals surface area (Å²) in [5.41, 5.74) is 6.45. The van der Waals surface area contributed by atoms with Gasteiger partial charge in [-0.3, -0.25) is 4.68 Å². The quantitative estimate of drug-likeness (QED) is 0.564. The summed E-state index contributed by atoms with van der Waals surface area (Å²) in [5, 5.41) is 10.5. The van der Waals surface area contributed by atoms with Crippen LogP contribution in [0.3, 0.4) is 0 Å². The van der Waals surface area contributed by atoms with Crippen molar-refractivity contribution in [2.24, 2.45) is 7.05 Å². The van der Waals surface area contributed by atoms with E-state index in [0.29, 0.717) is 0 Å². The first-order chi connectivity index (χ1) is 12.6. The lowest BCUT2D eigenvalue weighted by molar-refractivity contribution is 0.775. The van der Waals surface area contributed by atoms with Crippen molar-refractivity contribution in [3.05, 3.63) is 59.8 Å². The molecular formula is C21H24ClN5. The largest absolute Gasteiger partial charge is 0.380 e. The molecule has 5 nitrogen and oxygen atoms in total. The van der Waals surface area contributed by atoms with Crippen molar-refractivity contribution in [1.82, 2.24) is 14.8 Å². The molecule has 0 aliphatic carbocycles. The lowest BCUT2D eigenvalue weighted by atomic mass is 10.1. The smallest absolute Gasteiger partial charge is 0.160 e. The second kappa shape index (κ2) is 7.45. The van der Waals surface area contributed by atoms with E-state index in [1.165, 1.54) is 11.3 Å². The Morgan fingerprint density at radius 2 is 1.74 bits per heavy atom. The van der Waals surface area contributed by atoms with Crippen LogP contribution in [-0.2, 0) is 13.6 Å². The van der Waals surface area contributed by atoms with Gasteiger partial charge in [-0.05, 0) is 24.6 Å². The van der Waals surface area contributed by atoms with Crippen molar-refractivity contribution in [2.45, 2.75) is 13.5 Å². The second-order valence-corrected chi connectivity index (χ2v) is 6.79. The number of benzene rings is 2. The Morgan fingerprint density at radius 1 is 1.04 bits per heavy atom. The predicted molar refractivity (Wildman–Crippen MR) is 116 cm³/mol. The van der Waals surface area contributed by atoms with E-state index in [0.717, 1.165) is 39.9 Å². The summed E-state index contributed by atoms with van der Waals surface area (Å²) < 4.78 is 1.86. The molecule has 0 atom stereocenters. The van der Waals surface area contributed by atoms with Gasteiger partial charge in [0.25, 0.3) is 0 Å². The molecule has 0 fully saturated rings. The van der Waals surface area contributed by atoms with E-state index in [4.69, 9.17) is 4.98 Å². The van der Waals surface area contributed by atoms with Crippen LogP contribution >= 0.6 is 12.4 Å². The zero-order chi connectivity index (χ0) is 18.3. The molecule has 4 aromatic rings. The van der Waals surface area contributed by atoms with Crippen molar-refractivity contribution in [2.75, 3.05) is 24.3 Å². The van der Waals surface area contributed by atoms with Gasteiger partial charge in [0.2, 0.25) is 0 Å². The number of para-hydroxylation sites is 2. The van der Waals surface area contributed by atoms with Crippen LogP contribution in [0.4, 0.5) is 11.4 Å². The molecule has 0 radical (unpaired) electrons. The van der Waals surface area contributed by atoms with Crippen LogP contribution in [0.2, 0.25) is 0 Å². The van der Waals surface area contributed by atoms with E-state index in [-0.39, 0.29) is 12.4 Å². The lowest BCUT2D eigenvalue weighted by Gasteiger charge is -2.19. The van der Waals surface area contributed by atoms with Crippen LogP contribution in [0.15, 0.2) is 48.5 Å². The second-order valence-electron chi connectivity index (χ2n) is 6.79. The molecule has 0 saturated heterocycles. The van der Waals surface area contributed by atoms with Gasteiger partial charge in [0.1, 0.15) is 0 Å². The van der Waals surface area contributed by atoms with Gasteiger partial charge in [0.05, 0.1) is 22.3 Å². The van der Waals surface area contributed by atoms with Crippen LogP contribution in [0.5, 0.6) is 0 Å². The monoisotopic (exact) mass is 381 g/mol. The van der Waals surface area contributed by atoms with Crippen molar-refractivity contribution in [3.63, 3.8) is 0 Å². The summed E-state index contributed by atoms with van der Waals surface area (Å²) in [6.45, 7) is 2.78. The van der Waals surface area contributed by atoms with Gasteiger partial charge in [-0.15, -0.1) is 12.4 Å². The summed E-state index contributed by atoms with van der Waals surface area (Å²) in [5.74, 6) is 0. The SMILES string of the molecule is Cc1nn(C)c2nc3ccccc3c(NCc3ccccc3N(C)C)c12.Cl. The molecule has 6 heteroatoms. The molecule has 0 spiro atoms. The molecule has 1 N–H and O–H groups in total. The molecule has 2 aromatic heterocycles. The van der Waals surface area contributed by atoms with Gasteiger partial charge in [-0.2, -0.15) is 5.10 Å². The maximum absolute atomic E-state index is 4.81. The molecule has 2 heterocycles. The number of hydrogen-bond donors (Lipinski definition) is 1. The van der Waals surface area contributed by atoms with E-state index >= 15 is 0 Å². The van der Waals surface area contributed by atoms with Gasteiger partial charge in [0, 0.05) is 38.8 Å². The average Bonchev–Trinajstić information content (AvgIpc) is 2.92. The van der Waals surface area contributed by atoms with E-state index < -0.39 is 0 Å². The highest BCUT2D eigenvalue weighted by molar-refractivity contribution is 6.07. The third kappa shape index (κ3) is 3.30. The summed E-state index contributed by atoms with van der Waals surface area (Å²) in [6, 6.07) is 16.7. The minimum Gasteiger partial charge on any atom is -0.380 e. The third-order valence-corrected chi connectivity index (χ3v) is 4.77. The van der Waals surface area contributed by atoms with Crippen molar-refractivity contribution in [1.29, 1.82) is 0 Å². The standard InChI is InChI=1S/C21H23N5.ClH/c1-14-19-20(22-13-15-9-5-8-12-18(15)25(2)3)16-10-6-7-11-17(16)23-21(19)26(4)24-14;/h5-12H,13H2,1-4H3,(H,22,23);1H. The van der Waals surface area contributed by atoms with Gasteiger partial charge in [0.15, 0.2) is 5.65 Å². The molecular weight excluding hydrogens is 358 g/mol. The zero-order valence-electron chi connectivity index (χ0n) is 16.0. The minimum absolute atomic E-state index is 0. The maximum Gasteiger partial charge on any atom is 0.160 e. The number of halogens is 1. The van der Waals surface area contributed by atoms with E-state index in [9.17, 15) is 0 Å². The molecule has 0 amide bonds. The highest BCUT2D eigenvalue weighted by atomic mass is 35.5. The van der Waals surface area contributed by atoms with Crippen LogP contribution in [0, 0.1) is 6.92 Å². The number of nitrogens with zero attached hydrogens (tertiary/aromatic N) is 4. The number of aromatic nitrogens is 3. The molecule has 0 saturated carbocycles. The lowest BCUT2D eigenvalue weighted by Crippen LogP contribution is -2.13.